The number of amides is 2. The Morgan fingerprint density at radius 2 is 2.04 bits per heavy atom. The topological polar surface area (TPSA) is 74.0 Å². The van der Waals surface area contributed by atoms with Gasteiger partial charge < -0.3 is 15.6 Å². The highest BCUT2D eigenvalue weighted by Crippen LogP contribution is 2.30. The van der Waals surface area contributed by atoms with Gasteiger partial charge in [-0.1, -0.05) is 12.1 Å². The maximum Gasteiger partial charge on any atom is 0.254 e. The number of aromatic nitrogens is 1. The molecule has 1 aliphatic heterocycles. The fourth-order valence-electron chi connectivity index (χ4n) is 3.76. The molecule has 0 bridgehead atoms. The zero-order valence-electron chi connectivity index (χ0n) is 13.1. The van der Waals surface area contributed by atoms with Crippen LogP contribution in [-0.2, 0) is 17.6 Å². The number of carbonyl (C=O) groups is 2. The van der Waals surface area contributed by atoms with Crippen LogP contribution in [0, 0.1) is 0 Å². The SMILES string of the molecule is O=C(NC1CCCNC1=O)c1cccc2c3c([nH]c12)CCCC3. The predicted molar refractivity (Wildman–Crippen MR) is 88.4 cm³/mol. The van der Waals surface area contributed by atoms with E-state index < -0.39 is 6.04 Å². The zero-order valence-corrected chi connectivity index (χ0v) is 13.1. The molecule has 2 aromatic rings. The van der Waals surface area contributed by atoms with Crippen molar-refractivity contribution >= 4 is 22.7 Å². The molecule has 1 unspecified atom stereocenters. The van der Waals surface area contributed by atoms with Gasteiger partial charge in [0.2, 0.25) is 5.91 Å². The second kappa shape index (κ2) is 5.72. The number of nitrogens with one attached hydrogen (secondary N) is 3. The number of para-hydroxylation sites is 1. The third-order valence-corrected chi connectivity index (χ3v) is 4.97. The van der Waals surface area contributed by atoms with Crippen molar-refractivity contribution in [3.05, 3.63) is 35.0 Å². The Kier molecular flexibility index (Phi) is 3.56. The number of piperidine rings is 1. The molecule has 2 amide bonds. The number of hydrogen-bond donors (Lipinski definition) is 3. The quantitative estimate of drug-likeness (QED) is 0.794. The lowest BCUT2D eigenvalue weighted by Crippen LogP contribution is -2.50. The van der Waals surface area contributed by atoms with E-state index in [1.807, 2.05) is 12.1 Å². The van der Waals surface area contributed by atoms with Gasteiger partial charge >= 0.3 is 0 Å². The fraction of sp³-hybridized carbons (Fsp3) is 0.444. The van der Waals surface area contributed by atoms with Gasteiger partial charge in [0.1, 0.15) is 6.04 Å². The molecule has 4 rings (SSSR count). The van der Waals surface area contributed by atoms with Crippen molar-refractivity contribution in [3.8, 4) is 0 Å². The van der Waals surface area contributed by atoms with Gasteiger partial charge in [-0.05, 0) is 50.2 Å². The second-order valence-corrected chi connectivity index (χ2v) is 6.48. The molecule has 1 aliphatic carbocycles. The van der Waals surface area contributed by atoms with Crippen LogP contribution < -0.4 is 10.6 Å². The van der Waals surface area contributed by atoms with Crippen LogP contribution in [0.5, 0.6) is 0 Å². The van der Waals surface area contributed by atoms with Gasteiger partial charge in [0, 0.05) is 17.6 Å². The summed E-state index contributed by atoms with van der Waals surface area (Å²) in [6.45, 7) is 0.699. The summed E-state index contributed by atoms with van der Waals surface area (Å²) in [4.78, 5) is 28.0. The van der Waals surface area contributed by atoms with E-state index in [1.54, 1.807) is 0 Å². The molecular weight excluding hydrogens is 290 g/mol. The van der Waals surface area contributed by atoms with Crippen molar-refractivity contribution in [1.29, 1.82) is 0 Å². The number of hydrogen-bond acceptors (Lipinski definition) is 2. The lowest BCUT2D eigenvalue weighted by molar-refractivity contribution is -0.124. The molecule has 0 radical (unpaired) electrons. The van der Waals surface area contributed by atoms with E-state index in [-0.39, 0.29) is 11.8 Å². The summed E-state index contributed by atoms with van der Waals surface area (Å²) >= 11 is 0. The summed E-state index contributed by atoms with van der Waals surface area (Å²) in [6, 6.07) is 5.43. The van der Waals surface area contributed by atoms with Crippen LogP contribution >= 0.6 is 0 Å². The molecule has 1 atom stereocenters. The Labute approximate surface area is 134 Å². The number of fused-ring (bicyclic) bond motifs is 3. The minimum absolute atomic E-state index is 0.0810. The van der Waals surface area contributed by atoms with Crippen LogP contribution in [-0.4, -0.2) is 29.4 Å². The summed E-state index contributed by atoms with van der Waals surface area (Å²) in [5, 5.41) is 6.84. The average Bonchev–Trinajstić information content (AvgIpc) is 2.95. The first-order valence-corrected chi connectivity index (χ1v) is 8.45. The average molecular weight is 311 g/mol. The minimum Gasteiger partial charge on any atom is -0.358 e. The number of aryl methyl sites for hydroxylation is 2. The maximum atomic E-state index is 12.7. The van der Waals surface area contributed by atoms with Gasteiger partial charge in [0.15, 0.2) is 0 Å². The molecule has 1 aromatic carbocycles. The van der Waals surface area contributed by atoms with Crippen LogP contribution in [0.1, 0.15) is 47.3 Å². The Morgan fingerprint density at radius 1 is 1.17 bits per heavy atom. The van der Waals surface area contributed by atoms with E-state index in [1.165, 1.54) is 24.1 Å². The Balaban J connectivity index is 1.67. The molecule has 0 spiro atoms. The predicted octanol–water partition coefficient (Wildman–Crippen LogP) is 2.06. The zero-order chi connectivity index (χ0) is 15.8. The summed E-state index contributed by atoms with van der Waals surface area (Å²) in [7, 11) is 0. The largest absolute Gasteiger partial charge is 0.358 e. The van der Waals surface area contributed by atoms with Crippen LogP contribution in [0.25, 0.3) is 10.9 Å². The molecule has 1 fully saturated rings. The maximum absolute atomic E-state index is 12.7. The number of carbonyl (C=O) groups excluding carboxylic acids is 2. The van der Waals surface area contributed by atoms with Crippen molar-refractivity contribution in [1.82, 2.24) is 15.6 Å². The van der Waals surface area contributed by atoms with Crippen molar-refractivity contribution < 1.29 is 9.59 Å². The van der Waals surface area contributed by atoms with Gasteiger partial charge in [-0.2, -0.15) is 0 Å². The van der Waals surface area contributed by atoms with E-state index in [2.05, 4.69) is 21.7 Å². The molecule has 3 N–H and O–H groups in total. The molecular formula is C18H21N3O2. The van der Waals surface area contributed by atoms with Gasteiger partial charge in [-0.3, -0.25) is 9.59 Å². The van der Waals surface area contributed by atoms with E-state index >= 15 is 0 Å². The van der Waals surface area contributed by atoms with E-state index in [0.717, 1.165) is 30.2 Å². The van der Waals surface area contributed by atoms with Crippen LogP contribution in [0.4, 0.5) is 0 Å². The first-order valence-electron chi connectivity index (χ1n) is 8.45. The monoisotopic (exact) mass is 311 g/mol. The summed E-state index contributed by atoms with van der Waals surface area (Å²) in [5.74, 6) is -0.251. The smallest absolute Gasteiger partial charge is 0.254 e. The van der Waals surface area contributed by atoms with Gasteiger partial charge in [-0.15, -0.1) is 0 Å². The summed E-state index contributed by atoms with van der Waals surface area (Å²) in [6.07, 6.45) is 6.14. The normalized spacial score (nSPS) is 20.9. The number of aromatic amines is 1. The molecule has 2 aliphatic rings. The van der Waals surface area contributed by atoms with Crippen molar-refractivity contribution in [2.24, 2.45) is 0 Å². The third kappa shape index (κ3) is 2.50. The highest BCUT2D eigenvalue weighted by molar-refractivity contribution is 6.08. The molecule has 23 heavy (non-hydrogen) atoms. The first-order chi connectivity index (χ1) is 11.2. The first kappa shape index (κ1) is 14.3. The molecule has 1 saturated heterocycles. The minimum atomic E-state index is -0.420. The Hall–Kier alpha value is -2.30. The van der Waals surface area contributed by atoms with Crippen LogP contribution in [0.15, 0.2) is 18.2 Å². The van der Waals surface area contributed by atoms with Gasteiger partial charge in [0.25, 0.3) is 5.91 Å². The Bertz CT molecular complexity index is 778. The van der Waals surface area contributed by atoms with Crippen molar-refractivity contribution in [2.45, 2.75) is 44.6 Å². The van der Waals surface area contributed by atoms with E-state index in [4.69, 9.17) is 0 Å². The highest BCUT2D eigenvalue weighted by atomic mass is 16.2. The third-order valence-electron chi connectivity index (χ3n) is 4.97. The van der Waals surface area contributed by atoms with E-state index in [0.29, 0.717) is 18.5 Å². The van der Waals surface area contributed by atoms with Gasteiger partial charge in [0.05, 0.1) is 11.1 Å². The molecule has 5 heteroatoms. The number of rotatable bonds is 2. The summed E-state index contributed by atoms with van der Waals surface area (Å²) in [5.41, 5.74) is 4.17. The second-order valence-electron chi connectivity index (χ2n) is 6.48. The molecule has 2 heterocycles. The molecule has 5 nitrogen and oxygen atoms in total. The molecule has 0 saturated carbocycles. The fourth-order valence-corrected chi connectivity index (χ4v) is 3.76. The van der Waals surface area contributed by atoms with Crippen LogP contribution in [0.2, 0.25) is 0 Å². The van der Waals surface area contributed by atoms with Crippen molar-refractivity contribution in [3.63, 3.8) is 0 Å². The van der Waals surface area contributed by atoms with Crippen molar-refractivity contribution in [2.75, 3.05) is 6.54 Å². The molecule has 1 aromatic heterocycles. The summed E-state index contributed by atoms with van der Waals surface area (Å²) < 4.78 is 0. The highest BCUT2D eigenvalue weighted by Gasteiger charge is 2.25. The number of benzene rings is 1. The van der Waals surface area contributed by atoms with Gasteiger partial charge in [-0.25, -0.2) is 0 Å². The van der Waals surface area contributed by atoms with E-state index in [9.17, 15) is 9.59 Å². The number of H-pyrrole nitrogens is 1. The molecule has 120 valence electrons. The Morgan fingerprint density at radius 3 is 2.91 bits per heavy atom. The standard InChI is InChI=1S/C18H21N3O2/c22-17(21-15-9-4-10-19-18(15)23)13-7-3-6-12-11-5-1-2-8-14(11)20-16(12)13/h3,6-7,15,20H,1-2,4-5,8-10H2,(H,19,23)(H,21,22). The van der Waals surface area contributed by atoms with Crippen LogP contribution in [0.3, 0.4) is 0 Å². The lowest BCUT2D eigenvalue weighted by Gasteiger charge is -2.22. The lowest BCUT2D eigenvalue weighted by atomic mass is 9.95.